The number of anilines is 1. The number of aliphatic hydroxyl groups excluding tert-OH is 1. The van der Waals surface area contributed by atoms with Crippen molar-refractivity contribution in [3.63, 3.8) is 0 Å². The fraction of sp³-hybridized carbons (Fsp3) is 0.200. The van der Waals surface area contributed by atoms with Crippen molar-refractivity contribution >= 4 is 5.82 Å². The average molecular weight is 427 g/mol. The minimum atomic E-state index is -0.696. The SMILES string of the molecule is NC[C@H](CO)Nc1nc(-c2cc(-c3ccon3)n(Cc3ccccc3F)n2)ncc1F. The van der Waals surface area contributed by atoms with Crippen LogP contribution in [0.3, 0.4) is 0 Å². The number of aliphatic hydroxyl groups is 1. The molecule has 0 aliphatic rings. The number of hydrogen-bond donors (Lipinski definition) is 3. The molecule has 0 aliphatic carbocycles. The molecule has 3 aromatic heterocycles. The summed E-state index contributed by atoms with van der Waals surface area (Å²) < 4.78 is 34.8. The standard InChI is InChI=1S/C20H19F2N7O2/c21-14-4-2-1-3-12(14)10-29-18(16-5-6-31-28-16)7-17(27-29)20-24-9-15(22)19(26-20)25-13(8-23)11-30/h1-7,9,13,30H,8,10-11,23H2,(H,24,25,26)/t13-/m1/s1. The summed E-state index contributed by atoms with van der Waals surface area (Å²) in [5.74, 6) is -1.04. The van der Waals surface area contributed by atoms with Crippen molar-refractivity contribution < 1.29 is 18.4 Å². The van der Waals surface area contributed by atoms with Gasteiger partial charge in [0.15, 0.2) is 17.5 Å². The molecule has 11 heteroatoms. The number of rotatable bonds is 8. The smallest absolute Gasteiger partial charge is 0.183 e. The topological polar surface area (TPSA) is 128 Å². The fourth-order valence-electron chi connectivity index (χ4n) is 2.95. The highest BCUT2D eigenvalue weighted by Crippen LogP contribution is 2.26. The molecule has 1 aromatic carbocycles. The first-order valence-electron chi connectivity index (χ1n) is 9.41. The Morgan fingerprint density at radius 3 is 2.71 bits per heavy atom. The first kappa shape index (κ1) is 20.6. The van der Waals surface area contributed by atoms with E-state index in [1.807, 2.05) is 0 Å². The van der Waals surface area contributed by atoms with Crippen LogP contribution in [0.2, 0.25) is 0 Å². The molecule has 0 saturated carbocycles. The Bertz CT molecular complexity index is 1160. The lowest BCUT2D eigenvalue weighted by Gasteiger charge is -2.15. The van der Waals surface area contributed by atoms with E-state index in [2.05, 4.69) is 25.5 Å². The molecule has 0 saturated heterocycles. The first-order chi connectivity index (χ1) is 15.1. The molecule has 9 nitrogen and oxygen atoms in total. The Hall–Kier alpha value is -3.70. The van der Waals surface area contributed by atoms with Gasteiger partial charge in [-0.1, -0.05) is 23.4 Å². The lowest BCUT2D eigenvalue weighted by Crippen LogP contribution is -2.33. The van der Waals surface area contributed by atoms with E-state index >= 15 is 0 Å². The van der Waals surface area contributed by atoms with Gasteiger partial charge in [-0.15, -0.1) is 0 Å². The molecule has 4 N–H and O–H groups in total. The number of nitrogens with one attached hydrogen (secondary N) is 1. The lowest BCUT2D eigenvalue weighted by atomic mass is 10.2. The van der Waals surface area contributed by atoms with Gasteiger partial charge in [-0.3, -0.25) is 4.68 Å². The Morgan fingerprint density at radius 1 is 1.16 bits per heavy atom. The third-order valence-corrected chi connectivity index (χ3v) is 4.58. The van der Waals surface area contributed by atoms with Crippen LogP contribution >= 0.6 is 0 Å². The van der Waals surface area contributed by atoms with Gasteiger partial charge in [-0.05, 0) is 12.1 Å². The highest BCUT2D eigenvalue weighted by molar-refractivity contribution is 5.63. The first-order valence-corrected chi connectivity index (χ1v) is 9.41. The van der Waals surface area contributed by atoms with Gasteiger partial charge >= 0.3 is 0 Å². The molecule has 0 unspecified atom stereocenters. The second kappa shape index (κ2) is 8.98. The van der Waals surface area contributed by atoms with Crippen LogP contribution in [-0.4, -0.2) is 49.2 Å². The van der Waals surface area contributed by atoms with Crippen LogP contribution in [-0.2, 0) is 6.54 Å². The van der Waals surface area contributed by atoms with Gasteiger partial charge in [0.1, 0.15) is 23.5 Å². The van der Waals surface area contributed by atoms with Crippen LogP contribution in [0.5, 0.6) is 0 Å². The molecule has 4 rings (SSSR count). The molecule has 4 aromatic rings. The zero-order valence-electron chi connectivity index (χ0n) is 16.2. The minimum Gasteiger partial charge on any atom is -0.394 e. The minimum absolute atomic E-state index is 0.0862. The Labute approximate surface area is 175 Å². The molecule has 1 atom stereocenters. The molecule has 0 radical (unpaired) electrons. The van der Waals surface area contributed by atoms with Gasteiger partial charge in [0, 0.05) is 18.2 Å². The molecular formula is C20H19F2N7O2. The predicted molar refractivity (Wildman–Crippen MR) is 108 cm³/mol. The maximum absolute atomic E-state index is 14.2. The molecule has 0 aliphatic heterocycles. The highest BCUT2D eigenvalue weighted by atomic mass is 19.1. The number of aromatic nitrogens is 5. The normalized spacial score (nSPS) is 12.1. The summed E-state index contributed by atoms with van der Waals surface area (Å²) in [6.45, 7) is -0.0768. The Balaban J connectivity index is 1.73. The summed E-state index contributed by atoms with van der Waals surface area (Å²) in [5, 5.41) is 20.5. The largest absolute Gasteiger partial charge is 0.394 e. The van der Waals surface area contributed by atoms with Crippen molar-refractivity contribution in [1.82, 2.24) is 24.9 Å². The van der Waals surface area contributed by atoms with Gasteiger partial charge in [-0.25, -0.2) is 18.7 Å². The van der Waals surface area contributed by atoms with Crippen LogP contribution in [0.4, 0.5) is 14.6 Å². The predicted octanol–water partition coefficient (Wildman–Crippen LogP) is 2.05. The maximum atomic E-state index is 14.2. The van der Waals surface area contributed by atoms with Crippen LogP contribution in [0.15, 0.2) is 53.4 Å². The number of hydrogen-bond acceptors (Lipinski definition) is 8. The molecule has 160 valence electrons. The van der Waals surface area contributed by atoms with E-state index in [1.165, 1.54) is 12.3 Å². The molecule has 3 heterocycles. The van der Waals surface area contributed by atoms with Crippen molar-refractivity contribution in [2.24, 2.45) is 5.73 Å². The van der Waals surface area contributed by atoms with Crippen LogP contribution in [0.1, 0.15) is 5.56 Å². The average Bonchev–Trinajstić information content (AvgIpc) is 3.45. The summed E-state index contributed by atoms with van der Waals surface area (Å²) >= 11 is 0. The van der Waals surface area contributed by atoms with Crippen LogP contribution in [0.25, 0.3) is 22.9 Å². The van der Waals surface area contributed by atoms with E-state index in [-0.39, 0.29) is 37.2 Å². The second-order valence-electron chi connectivity index (χ2n) is 6.70. The van der Waals surface area contributed by atoms with Gasteiger partial charge in [0.25, 0.3) is 0 Å². The number of nitrogens with two attached hydrogens (primary N) is 1. The molecule has 0 bridgehead atoms. The summed E-state index contributed by atoms with van der Waals surface area (Å²) in [5.41, 5.74) is 7.33. The van der Waals surface area contributed by atoms with Crippen LogP contribution < -0.4 is 11.1 Å². The monoisotopic (exact) mass is 427 g/mol. The second-order valence-corrected chi connectivity index (χ2v) is 6.70. The number of nitrogens with zero attached hydrogens (tertiary/aromatic N) is 5. The van der Waals surface area contributed by atoms with Crippen molar-refractivity contribution in [1.29, 1.82) is 0 Å². The Kier molecular flexibility index (Phi) is 5.96. The van der Waals surface area contributed by atoms with Gasteiger partial charge in [-0.2, -0.15) is 5.10 Å². The van der Waals surface area contributed by atoms with Crippen LogP contribution in [0, 0.1) is 11.6 Å². The van der Waals surface area contributed by atoms with Crippen molar-refractivity contribution in [3.05, 3.63) is 66.1 Å². The third kappa shape index (κ3) is 4.42. The highest BCUT2D eigenvalue weighted by Gasteiger charge is 2.19. The van der Waals surface area contributed by atoms with Gasteiger partial charge in [0.05, 0.1) is 31.1 Å². The Morgan fingerprint density at radius 2 is 2.00 bits per heavy atom. The third-order valence-electron chi connectivity index (χ3n) is 4.58. The molecule has 31 heavy (non-hydrogen) atoms. The van der Waals surface area contributed by atoms with Crippen molar-refractivity contribution in [2.45, 2.75) is 12.6 Å². The zero-order valence-corrected chi connectivity index (χ0v) is 16.2. The van der Waals surface area contributed by atoms with E-state index in [9.17, 15) is 13.9 Å². The van der Waals surface area contributed by atoms with E-state index < -0.39 is 11.9 Å². The van der Waals surface area contributed by atoms with Gasteiger partial charge in [0.2, 0.25) is 0 Å². The number of halogens is 2. The zero-order chi connectivity index (χ0) is 21.8. The number of benzene rings is 1. The van der Waals surface area contributed by atoms with E-state index in [4.69, 9.17) is 10.3 Å². The summed E-state index contributed by atoms with van der Waals surface area (Å²) in [7, 11) is 0. The van der Waals surface area contributed by atoms with E-state index in [0.717, 1.165) is 6.20 Å². The fourth-order valence-corrected chi connectivity index (χ4v) is 2.95. The van der Waals surface area contributed by atoms with E-state index in [0.29, 0.717) is 22.6 Å². The lowest BCUT2D eigenvalue weighted by molar-refractivity contribution is 0.276. The maximum Gasteiger partial charge on any atom is 0.183 e. The summed E-state index contributed by atoms with van der Waals surface area (Å²) in [6.07, 6.45) is 2.41. The summed E-state index contributed by atoms with van der Waals surface area (Å²) in [6, 6.07) is 9.09. The molecular weight excluding hydrogens is 408 g/mol. The van der Waals surface area contributed by atoms with Gasteiger partial charge < -0.3 is 20.7 Å². The van der Waals surface area contributed by atoms with Crippen molar-refractivity contribution in [3.8, 4) is 22.9 Å². The molecule has 0 amide bonds. The quantitative estimate of drug-likeness (QED) is 0.390. The summed E-state index contributed by atoms with van der Waals surface area (Å²) in [4.78, 5) is 8.20. The van der Waals surface area contributed by atoms with E-state index in [1.54, 1.807) is 35.0 Å². The molecule has 0 fully saturated rings. The van der Waals surface area contributed by atoms with Crippen molar-refractivity contribution in [2.75, 3.05) is 18.5 Å². The molecule has 0 spiro atoms.